The molecule has 0 saturated carbocycles. The van der Waals surface area contributed by atoms with Crippen LogP contribution in [0.4, 0.5) is 0 Å². The lowest BCUT2D eigenvalue weighted by molar-refractivity contribution is -0.169. The lowest BCUT2D eigenvalue weighted by atomic mass is 9.99. The molecule has 10 heteroatoms. The van der Waals surface area contributed by atoms with Gasteiger partial charge in [-0.2, -0.15) is 0 Å². The molecule has 0 atom stereocenters. The molecule has 1 aliphatic heterocycles. The van der Waals surface area contributed by atoms with Gasteiger partial charge in [-0.05, 0) is 24.3 Å². The van der Waals surface area contributed by atoms with Crippen LogP contribution in [0.2, 0.25) is 0 Å². The van der Waals surface area contributed by atoms with Crippen LogP contribution in [0, 0.1) is 0 Å². The Hall–Kier alpha value is -2.17. The van der Waals surface area contributed by atoms with Crippen LogP contribution in [0.5, 0.6) is 5.75 Å². The van der Waals surface area contributed by atoms with Gasteiger partial charge in [0.15, 0.2) is 14.6 Å². The quantitative estimate of drug-likeness (QED) is 0.638. The van der Waals surface area contributed by atoms with E-state index in [1.165, 1.54) is 38.4 Å². The summed E-state index contributed by atoms with van der Waals surface area (Å²) in [4.78, 5) is 28.0. The highest BCUT2D eigenvalue weighted by Crippen LogP contribution is 2.35. The van der Waals surface area contributed by atoms with Gasteiger partial charge in [-0.1, -0.05) is 0 Å². The summed E-state index contributed by atoms with van der Waals surface area (Å²) in [6.45, 7) is 0.252. The van der Waals surface area contributed by atoms with Crippen molar-refractivity contribution in [3.63, 3.8) is 0 Å². The third kappa shape index (κ3) is 4.40. The molecule has 150 valence electrons. The van der Waals surface area contributed by atoms with Crippen molar-refractivity contribution in [2.45, 2.75) is 28.9 Å². The van der Waals surface area contributed by atoms with Gasteiger partial charge in [0.05, 0.1) is 25.0 Å². The molecule has 0 aliphatic carbocycles. The number of amides is 1. The zero-order valence-electron chi connectivity index (χ0n) is 15.2. The minimum absolute atomic E-state index is 0.0800. The van der Waals surface area contributed by atoms with E-state index < -0.39 is 20.6 Å². The number of nitrogens with zero attached hydrogens (tertiary/aromatic N) is 1. The first-order valence-electron chi connectivity index (χ1n) is 8.34. The molecule has 1 saturated heterocycles. The summed E-state index contributed by atoms with van der Waals surface area (Å²) >= 11 is 0. The number of carbonyl (C=O) groups excluding carboxylic acids is 1. The number of sulfone groups is 1. The molecule has 1 N–H and O–H groups in total. The number of ether oxygens (including phenoxy) is 2. The molecule has 1 heterocycles. The Balaban J connectivity index is 2.09. The van der Waals surface area contributed by atoms with Gasteiger partial charge < -0.3 is 14.6 Å². The Morgan fingerprint density at radius 3 is 2.33 bits per heavy atom. The Bertz CT molecular complexity index is 769. The van der Waals surface area contributed by atoms with Crippen LogP contribution in [-0.2, 0) is 29.0 Å². The van der Waals surface area contributed by atoms with E-state index in [2.05, 4.69) is 0 Å². The molecule has 1 aliphatic rings. The fraction of sp³-hybridized carbons (Fsp3) is 0.529. The zero-order chi connectivity index (χ0) is 20.1. The largest absolute Gasteiger partial charge is 0.493 e. The van der Waals surface area contributed by atoms with Gasteiger partial charge in [-0.15, -0.1) is 0 Å². The summed E-state index contributed by atoms with van der Waals surface area (Å²) in [5.41, 5.74) is 0. The van der Waals surface area contributed by atoms with Gasteiger partial charge in [-0.25, -0.2) is 13.5 Å². The summed E-state index contributed by atoms with van der Waals surface area (Å²) < 4.78 is 34.5. The number of carboxylic acids is 1. The predicted octanol–water partition coefficient (Wildman–Crippen LogP) is 0.883. The van der Waals surface area contributed by atoms with E-state index in [4.69, 9.17) is 14.3 Å². The van der Waals surface area contributed by atoms with Crippen LogP contribution in [0.15, 0.2) is 29.2 Å². The molecule has 27 heavy (non-hydrogen) atoms. The highest BCUT2D eigenvalue weighted by atomic mass is 32.2. The van der Waals surface area contributed by atoms with Crippen molar-refractivity contribution in [2.75, 3.05) is 34.0 Å². The van der Waals surface area contributed by atoms with E-state index in [9.17, 15) is 23.1 Å². The number of benzene rings is 1. The number of hydrogen-bond donors (Lipinski definition) is 1. The lowest BCUT2D eigenvalue weighted by Gasteiger charge is -2.32. The molecule has 0 unspecified atom stereocenters. The lowest BCUT2D eigenvalue weighted by Crippen LogP contribution is -2.50. The minimum Gasteiger partial charge on any atom is -0.493 e. The standard InChI is InChI=1S/C17H23NO8S/c1-18(24-2)15(19)7-10-26-13-3-5-14(6-4-13)27(22,23)17(16(20)21)8-11-25-12-9-17/h3-6H,7-12H2,1-2H3,(H,20,21). The van der Waals surface area contributed by atoms with E-state index in [1.54, 1.807) is 0 Å². The summed E-state index contributed by atoms with van der Waals surface area (Å²) in [6, 6.07) is 5.50. The second kappa shape index (κ2) is 8.68. The molecule has 1 aromatic carbocycles. The molecule has 9 nitrogen and oxygen atoms in total. The topological polar surface area (TPSA) is 119 Å². The maximum Gasteiger partial charge on any atom is 0.325 e. The maximum absolute atomic E-state index is 12.9. The van der Waals surface area contributed by atoms with Crippen molar-refractivity contribution in [2.24, 2.45) is 0 Å². The van der Waals surface area contributed by atoms with Crippen molar-refractivity contribution in [3.8, 4) is 5.75 Å². The zero-order valence-corrected chi connectivity index (χ0v) is 16.0. The minimum atomic E-state index is -4.10. The van der Waals surface area contributed by atoms with Crippen LogP contribution in [0.1, 0.15) is 19.3 Å². The first kappa shape index (κ1) is 21.1. The van der Waals surface area contributed by atoms with Crippen molar-refractivity contribution in [3.05, 3.63) is 24.3 Å². The van der Waals surface area contributed by atoms with Gasteiger partial charge in [0.2, 0.25) is 5.91 Å². The van der Waals surface area contributed by atoms with Crippen molar-refractivity contribution in [1.29, 1.82) is 0 Å². The van der Waals surface area contributed by atoms with Gasteiger partial charge in [0.25, 0.3) is 0 Å². The predicted molar refractivity (Wildman–Crippen MR) is 93.9 cm³/mol. The monoisotopic (exact) mass is 401 g/mol. The fourth-order valence-corrected chi connectivity index (χ4v) is 4.63. The summed E-state index contributed by atoms with van der Waals surface area (Å²) in [6.07, 6.45) is -0.109. The summed E-state index contributed by atoms with van der Waals surface area (Å²) in [7, 11) is -1.24. The van der Waals surface area contributed by atoms with Gasteiger partial charge in [0.1, 0.15) is 5.75 Å². The van der Waals surface area contributed by atoms with E-state index in [-0.39, 0.29) is 49.9 Å². The van der Waals surface area contributed by atoms with Gasteiger partial charge >= 0.3 is 5.97 Å². The number of hydroxylamine groups is 2. The summed E-state index contributed by atoms with van der Waals surface area (Å²) in [5.74, 6) is -1.26. The molecule has 2 rings (SSSR count). The molecule has 0 spiro atoms. The second-order valence-corrected chi connectivity index (χ2v) is 8.32. The average Bonchev–Trinajstić information content (AvgIpc) is 2.67. The Morgan fingerprint density at radius 2 is 1.81 bits per heavy atom. The molecular weight excluding hydrogens is 378 g/mol. The number of aliphatic carboxylic acids is 1. The van der Waals surface area contributed by atoms with Crippen molar-refractivity contribution < 1.29 is 37.4 Å². The SMILES string of the molecule is CON(C)C(=O)CCOc1ccc(S(=O)(=O)C2(C(=O)O)CCOCC2)cc1. The second-order valence-electron chi connectivity index (χ2n) is 6.06. The molecular formula is C17H23NO8S. The third-order valence-corrected chi connectivity index (χ3v) is 7.05. The van der Waals surface area contributed by atoms with E-state index in [0.29, 0.717) is 5.75 Å². The Labute approximate surface area is 157 Å². The Kier molecular flexibility index (Phi) is 6.79. The molecule has 1 aromatic rings. The fourth-order valence-electron chi connectivity index (χ4n) is 2.75. The normalized spacial score (nSPS) is 16.5. The highest BCUT2D eigenvalue weighted by Gasteiger charge is 2.52. The maximum atomic E-state index is 12.9. The Morgan fingerprint density at radius 1 is 1.22 bits per heavy atom. The molecule has 0 bridgehead atoms. The molecule has 1 fully saturated rings. The number of carboxylic acid groups (broad SMARTS) is 1. The third-order valence-electron chi connectivity index (χ3n) is 4.55. The van der Waals surface area contributed by atoms with Gasteiger partial charge in [-0.3, -0.25) is 14.4 Å². The number of hydrogen-bond acceptors (Lipinski definition) is 7. The van der Waals surface area contributed by atoms with E-state index >= 15 is 0 Å². The van der Waals surface area contributed by atoms with Crippen LogP contribution in [-0.4, -0.2) is 69.2 Å². The van der Waals surface area contributed by atoms with Crippen molar-refractivity contribution >= 4 is 21.7 Å². The van der Waals surface area contributed by atoms with Crippen LogP contribution < -0.4 is 4.74 Å². The summed E-state index contributed by atoms with van der Waals surface area (Å²) in [5, 5.41) is 10.6. The number of rotatable bonds is 8. The van der Waals surface area contributed by atoms with Gasteiger partial charge in [0, 0.05) is 33.1 Å². The first-order valence-corrected chi connectivity index (χ1v) is 9.82. The molecule has 0 radical (unpaired) electrons. The first-order chi connectivity index (χ1) is 12.7. The van der Waals surface area contributed by atoms with Crippen LogP contribution in [0.25, 0.3) is 0 Å². The average molecular weight is 401 g/mol. The number of carbonyl (C=O) groups is 2. The van der Waals surface area contributed by atoms with Crippen LogP contribution >= 0.6 is 0 Å². The molecule has 0 aromatic heterocycles. The van der Waals surface area contributed by atoms with Crippen LogP contribution in [0.3, 0.4) is 0 Å². The van der Waals surface area contributed by atoms with E-state index in [0.717, 1.165) is 5.06 Å². The van der Waals surface area contributed by atoms with Crippen molar-refractivity contribution in [1.82, 2.24) is 5.06 Å². The van der Waals surface area contributed by atoms with E-state index in [1.807, 2.05) is 0 Å². The smallest absolute Gasteiger partial charge is 0.325 e. The highest BCUT2D eigenvalue weighted by molar-refractivity contribution is 7.93. The molecule has 1 amide bonds.